The van der Waals surface area contributed by atoms with Gasteiger partial charge < -0.3 is 146 Å². The zero-order valence-corrected chi connectivity index (χ0v) is 103. The molecule has 3 aromatic carbocycles. The Morgan fingerprint density at radius 1 is 0.567 bits per heavy atom. The second kappa shape index (κ2) is 62.1. The summed E-state index contributed by atoms with van der Waals surface area (Å²) in [6.07, 6.45) is 24.4. The first kappa shape index (κ1) is 134. The predicted molar refractivity (Wildman–Crippen MR) is 512 cm³/mol. The minimum absolute atomic E-state index is 0. The summed E-state index contributed by atoms with van der Waals surface area (Å²) in [7, 11) is 5.87. The van der Waals surface area contributed by atoms with Crippen molar-refractivity contribution in [3.05, 3.63) is 175 Å². The standard InChI is InChI=1S/C23H32N2O.C15H23BrO.C10H20N2O.C10H18N2O.2C10H19N2O.C9H16N2.2C5H10O2.BH.BrH.HI.K.U.2Zn/c1-22(2,3)17-12-16(21(26)18(13-17)23(4,5)6)14-25-15-24(7)19-10-8-9-11-20(19)25;1-14(2,3)11-7-10(9-16)13(17)12(8-11)15(4,5)6;2*1-9(2)11-5-6-12(8-11)10(3,4)7-13;2*1-9(2)12-6-5-11(8-12)7-10(3,4)13;1-2-5-9-10-6-4-8-11(9)7-3-1;2*1-4(6)3-5(2)7;;;;;;;/h8-13,26H,14-15H2,1-7H3;7-8,17H,9H2,1-6H3;5-6,9,13H,7-8H2,1-4H3;5-6,8-9H,7H2,1-4H3;2*5-6,8-9,13H,7H2,1-4H3;1-8H2;2*3-4,6-7H,1-2H3;3*1H;;;;/q;;;-2;2*-1;;;;;;;+1;;;+2/p-2/i;;;;;;;;;1D;;;;;;. The topological polar surface area (TPSA) is 253 Å². The van der Waals surface area contributed by atoms with Gasteiger partial charge in [-0.25, -0.2) is 0 Å². The van der Waals surface area contributed by atoms with Gasteiger partial charge in [-0.3, -0.25) is 4.99 Å². The first-order valence-electron chi connectivity index (χ1n) is 43.9. The van der Waals surface area contributed by atoms with Gasteiger partial charge >= 0.3 is 70.9 Å². The molecule has 7 aliphatic heterocycles. The number of aliphatic hydroxyl groups excluding tert-OH is 5. The number of phenolic OH excluding ortho intramolecular Hbond substituents is 2. The van der Waals surface area contributed by atoms with E-state index in [1.165, 1.54) is 99.5 Å². The van der Waals surface area contributed by atoms with Crippen molar-refractivity contribution in [2.24, 2.45) is 4.99 Å². The number of aromatic hydroxyl groups is 2. The van der Waals surface area contributed by atoms with Crippen LogP contribution in [-0.4, -0.2) is 231 Å². The number of para-hydroxylation sites is 2. The van der Waals surface area contributed by atoms with E-state index in [2.05, 4.69) is 275 Å². The maximum absolute atomic E-state index is 11.0. The van der Waals surface area contributed by atoms with E-state index in [1.54, 1.807) is 13.8 Å². The van der Waals surface area contributed by atoms with Crippen LogP contribution in [0.25, 0.3) is 0 Å². The largest absolute Gasteiger partial charge is 2.00 e. The first-order valence-corrected chi connectivity index (χ1v) is 44.4. The van der Waals surface area contributed by atoms with E-state index < -0.39 is 23.4 Å². The van der Waals surface area contributed by atoms with Crippen LogP contribution < -0.4 is 107 Å². The molecule has 7 heterocycles. The molecule has 0 amide bonds. The molecule has 30 heteroatoms. The summed E-state index contributed by atoms with van der Waals surface area (Å²) in [5, 5.41) is 95.1. The number of amidine groups is 1. The Morgan fingerprint density at radius 2 is 0.976 bits per heavy atom. The van der Waals surface area contributed by atoms with E-state index in [4.69, 9.17) is 21.8 Å². The van der Waals surface area contributed by atoms with Gasteiger partial charge in [0.25, 0.3) is 0 Å². The van der Waals surface area contributed by atoms with Crippen LogP contribution in [0.3, 0.4) is 0 Å². The van der Waals surface area contributed by atoms with Crippen molar-refractivity contribution < 1.29 is 213 Å². The Bertz CT molecular complexity index is 3670. The molecule has 1 fully saturated rings. The van der Waals surface area contributed by atoms with E-state index in [9.17, 15) is 30.6 Å². The van der Waals surface area contributed by atoms with Gasteiger partial charge in [-0.15, -0.1) is 6.61 Å². The number of aliphatic imine (C=N–C) groups is 1. The van der Waals surface area contributed by atoms with Crippen molar-refractivity contribution in [3.8, 4) is 11.5 Å². The van der Waals surface area contributed by atoms with E-state index in [0.717, 1.165) is 42.1 Å². The maximum Gasteiger partial charge on any atom is 2.00 e. The molecule has 0 saturated carbocycles. The zero-order chi connectivity index (χ0) is 94.2. The van der Waals surface area contributed by atoms with Crippen molar-refractivity contribution in [3.63, 3.8) is 0 Å². The number of nitrogens with zero attached hydrogens (tertiary/aromatic N) is 12. The number of aliphatic hydroxyl groups is 7. The van der Waals surface area contributed by atoms with Crippen LogP contribution in [0.15, 0.2) is 127 Å². The summed E-state index contributed by atoms with van der Waals surface area (Å²) in [5.74, 6) is 2.60. The Labute approximate surface area is 903 Å². The van der Waals surface area contributed by atoms with Crippen molar-refractivity contribution >= 4 is 41.5 Å². The van der Waals surface area contributed by atoms with Crippen LogP contribution in [0.1, 0.15) is 287 Å². The molecule has 712 valence electrons. The number of phenols is 2. The van der Waals surface area contributed by atoms with Crippen LogP contribution in [0.5, 0.6) is 11.5 Å². The summed E-state index contributed by atoms with van der Waals surface area (Å²) in [4.78, 5) is 28.3. The van der Waals surface area contributed by atoms with Gasteiger partial charge in [-0.2, -0.15) is 20.0 Å². The van der Waals surface area contributed by atoms with Gasteiger partial charge in [-0.1, -0.05) is 136 Å². The molecular formula is C97H168BBr2IKN12O10UZn2-3. The third-order valence-corrected chi connectivity index (χ3v) is 21.0. The van der Waals surface area contributed by atoms with E-state index in [1.807, 2.05) is 127 Å². The van der Waals surface area contributed by atoms with Crippen LogP contribution in [0, 0.1) is 51.1 Å². The Morgan fingerprint density at radius 3 is 1.32 bits per heavy atom. The van der Waals surface area contributed by atoms with E-state index >= 15 is 0 Å². The molecule has 0 aromatic heterocycles. The summed E-state index contributed by atoms with van der Waals surface area (Å²) in [5.41, 5.74) is 7.31. The quantitative estimate of drug-likeness (QED) is 0.0201. The fourth-order valence-electron chi connectivity index (χ4n) is 12.9. The number of hydrogen-bond acceptors (Lipinski definition) is 22. The monoisotopic (exact) mass is 2360 g/mol. The number of alkyl halides is 1. The predicted octanol–water partition coefficient (Wildman–Crippen LogP) is 8.67. The maximum atomic E-state index is 11.0. The van der Waals surface area contributed by atoms with Gasteiger partial charge in [-0.05, 0) is 294 Å². The fraction of sp³-hybridized carbons (Fsp3) is 0.649. The van der Waals surface area contributed by atoms with Crippen LogP contribution >= 0.6 is 15.9 Å². The van der Waals surface area contributed by atoms with Crippen LogP contribution in [-0.2, 0) is 72.5 Å². The summed E-state index contributed by atoms with van der Waals surface area (Å²) in [6.45, 7) is 78.1. The van der Waals surface area contributed by atoms with Crippen LogP contribution in [0.4, 0.5) is 11.4 Å². The molecule has 1 saturated heterocycles. The van der Waals surface area contributed by atoms with Crippen molar-refractivity contribution in [1.29, 1.82) is 1.34 Å². The van der Waals surface area contributed by atoms with Crippen LogP contribution in [0.2, 0.25) is 0 Å². The third kappa shape index (κ3) is 51.3. The molecule has 0 aliphatic carbocycles. The van der Waals surface area contributed by atoms with Gasteiger partial charge in [0, 0.05) is 147 Å². The number of β-amino-alcohol motifs (C(OH)–C–C–N with tert-alkyl or cyclic N) is 2. The molecule has 9 N–H and O–H groups in total. The number of fused-ring (bicyclic) bond motifs is 2. The second-order valence-corrected chi connectivity index (χ2v) is 41.0. The number of rotatable bonds is 17. The molecule has 0 spiro atoms. The molecule has 0 bridgehead atoms. The van der Waals surface area contributed by atoms with E-state index in [-0.39, 0.29) is 220 Å². The number of benzene rings is 3. The minimum atomic E-state index is -0.645. The zero-order valence-electron chi connectivity index (χ0n) is 85.8. The number of anilines is 2. The van der Waals surface area contributed by atoms with Gasteiger partial charge in [0.1, 0.15) is 11.5 Å². The van der Waals surface area contributed by atoms with Gasteiger partial charge in [0.15, 0.2) is 0 Å². The molecule has 2 atom stereocenters. The number of hydrogen-bond donors (Lipinski definition) is 9. The first-order chi connectivity index (χ1) is 56.0. The van der Waals surface area contributed by atoms with E-state index in [0.29, 0.717) is 60.6 Å². The van der Waals surface area contributed by atoms with Gasteiger partial charge in [0.05, 0.1) is 77.6 Å². The minimum Gasteiger partial charge on any atom is -1.00 e. The average Bonchev–Trinajstić information content (AvgIpc) is 1.47. The molecule has 3 aromatic rings. The Balaban J connectivity index is -0.000000332. The molecule has 10 rings (SSSR count). The Kier molecular flexibility index (Phi) is 65.4. The number of allylic oxidation sites excluding steroid dienone is 2. The summed E-state index contributed by atoms with van der Waals surface area (Å²) in [6, 6.07) is 19.0. The molecule has 7 aliphatic rings. The molecule has 127 heavy (non-hydrogen) atoms. The molecular weight excluding hydrogens is 2200 g/mol. The number of halogens is 3. The third-order valence-electron chi connectivity index (χ3n) is 20.4. The SMILES string of the molecule is C1CCC2=NCCCN2CC1.CC(C)(C)c1cc(CBr)c(O)c(C(C)(C)C)c1.CC(C)N1C=CN(C(C)(C)CO)C1.CC(C)N1C=CN(C(C)(C)C[O-])[CH-]1.CC(C)N1C=CN(CC(C)(C)O)[CH-]1.CC(C)N1C=CN(CC(C)(C)O)[CH-]1.CC(O)=CC(C)O.CC(O)=CC(C)O.CN1CN(Cc2cc(C(C)(C)C)cc(C(C)(C)C)c2O)c2ccccc21.[2H][B].[Br-].[I-].[K+].[U].[Zn+2].[Zn]. The Hall–Kier alpha value is -1.78. The normalized spacial score (nSPS) is 16.1. The summed E-state index contributed by atoms with van der Waals surface area (Å²) >= 11 is 3.45. The molecule has 2 unspecified atom stereocenters. The van der Waals surface area contributed by atoms with Crippen molar-refractivity contribution in [2.45, 2.75) is 346 Å². The van der Waals surface area contributed by atoms with Crippen molar-refractivity contribution in [2.75, 3.05) is 76.1 Å². The smallest absolute Gasteiger partial charge is 1.00 e. The second-order valence-electron chi connectivity index (χ2n) is 40.5. The average molecular weight is 2370 g/mol. The molecule has 22 nitrogen and oxygen atoms in total. The summed E-state index contributed by atoms with van der Waals surface area (Å²) < 4.78 is 5.25. The fourth-order valence-corrected chi connectivity index (χ4v) is 13.4. The molecule has 2 radical (unpaired) electrons. The van der Waals surface area contributed by atoms with Gasteiger partial charge in [0.2, 0.25) is 0 Å². The van der Waals surface area contributed by atoms with Crippen molar-refractivity contribution in [1.82, 2.24) is 44.1 Å².